The van der Waals surface area contributed by atoms with Crippen molar-refractivity contribution >= 4 is 0 Å². The Hall–Kier alpha value is -0.0800. The third-order valence-electron chi connectivity index (χ3n) is 2.85. The summed E-state index contributed by atoms with van der Waals surface area (Å²) in [5, 5.41) is 0. The van der Waals surface area contributed by atoms with Crippen LogP contribution in [0.5, 0.6) is 0 Å². The van der Waals surface area contributed by atoms with E-state index in [1.165, 1.54) is 32.2 Å². The molecule has 2 aliphatic rings. The van der Waals surface area contributed by atoms with E-state index < -0.39 is 0 Å². The fourth-order valence-electron chi connectivity index (χ4n) is 1.90. The maximum absolute atomic E-state index is 5.80. The Morgan fingerprint density at radius 2 is 2.00 bits per heavy atom. The van der Waals surface area contributed by atoms with Gasteiger partial charge in [-0.05, 0) is 19.3 Å². The minimum Gasteiger partial charge on any atom is -0.326 e. The van der Waals surface area contributed by atoms with Crippen molar-refractivity contribution < 1.29 is 0 Å². The molecule has 0 aromatic heterocycles. The second kappa shape index (κ2) is 2.51. The minimum absolute atomic E-state index is 0.473. The van der Waals surface area contributed by atoms with E-state index in [0.717, 1.165) is 12.6 Å². The lowest BCUT2D eigenvalue weighted by molar-refractivity contribution is 0.157. The third-order valence-corrected chi connectivity index (χ3v) is 2.85. The van der Waals surface area contributed by atoms with E-state index in [9.17, 15) is 0 Å². The molecule has 1 aliphatic heterocycles. The molecular weight excluding hydrogens is 124 g/mol. The van der Waals surface area contributed by atoms with E-state index in [0.29, 0.717) is 6.04 Å². The highest BCUT2D eigenvalue weighted by Crippen LogP contribution is 2.27. The molecule has 1 atom stereocenters. The standard InChI is InChI=1S/C8H16N2/c9-7-4-5-10(6-7)8-2-1-3-8/h7-8H,1-6,9H2. The molecule has 2 rings (SSSR count). The predicted octanol–water partition coefficient (Wildman–Crippen LogP) is 0.572. The SMILES string of the molecule is NC1CCN(C2CCC2)C1. The number of nitrogens with zero attached hydrogens (tertiary/aromatic N) is 1. The van der Waals surface area contributed by atoms with E-state index in [2.05, 4.69) is 4.90 Å². The first-order chi connectivity index (χ1) is 4.86. The summed E-state index contributed by atoms with van der Waals surface area (Å²) in [4.78, 5) is 2.56. The van der Waals surface area contributed by atoms with Gasteiger partial charge in [-0.25, -0.2) is 0 Å². The lowest BCUT2D eigenvalue weighted by Gasteiger charge is -2.34. The molecule has 10 heavy (non-hydrogen) atoms. The zero-order chi connectivity index (χ0) is 6.97. The van der Waals surface area contributed by atoms with Crippen molar-refractivity contribution in [1.29, 1.82) is 0 Å². The molecule has 2 N–H and O–H groups in total. The zero-order valence-corrected chi connectivity index (χ0v) is 6.42. The van der Waals surface area contributed by atoms with Crippen LogP contribution in [0.25, 0.3) is 0 Å². The number of hydrogen-bond donors (Lipinski definition) is 1. The highest BCUT2D eigenvalue weighted by molar-refractivity contribution is 4.87. The molecule has 0 spiro atoms. The van der Waals surface area contributed by atoms with Crippen LogP contribution in [0, 0.1) is 0 Å². The Morgan fingerprint density at radius 1 is 1.20 bits per heavy atom. The van der Waals surface area contributed by atoms with Gasteiger partial charge in [0, 0.05) is 25.2 Å². The zero-order valence-electron chi connectivity index (χ0n) is 6.42. The van der Waals surface area contributed by atoms with Gasteiger partial charge in [0.25, 0.3) is 0 Å². The summed E-state index contributed by atoms with van der Waals surface area (Å²) >= 11 is 0. The Morgan fingerprint density at radius 3 is 2.40 bits per heavy atom. The number of rotatable bonds is 1. The van der Waals surface area contributed by atoms with Gasteiger partial charge in [0.1, 0.15) is 0 Å². The summed E-state index contributed by atoms with van der Waals surface area (Å²) < 4.78 is 0. The van der Waals surface area contributed by atoms with Crippen molar-refractivity contribution in [3.05, 3.63) is 0 Å². The van der Waals surface area contributed by atoms with E-state index in [1.807, 2.05) is 0 Å². The summed E-state index contributed by atoms with van der Waals surface area (Å²) in [5.41, 5.74) is 5.80. The van der Waals surface area contributed by atoms with Crippen LogP contribution in [0.3, 0.4) is 0 Å². The van der Waals surface area contributed by atoms with Crippen LogP contribution < -0.4 is 5.73 Å². The summed E-state index contributed by atoms with van der Waals surface area (Å²) in [5.74, 6) is 0. The molecule has 0 bridgehead atoms. The lowest BCUT2D eigenvalue weighted by Crippen LogP contribution is -2.39. The van der Waals surface area contributed by atoms with Gasteiger partial charge in [0.2, 0.25) is 0 Å². The molecule has 2 heteroatoms. The van der Waals surface area contributed by atoms with Gasteiger partial charge in [-0.2, -0.15) is 0 Å². The largest absolute Gasteiger partial charge is 0.326 e. The highest BCUT2D eigenvalue weighted by Gasteiger charge is 2.29. The van der Waals surface area contributed by atoms with Crippen LogP contribution in [0.1, 0.15) is 25.7 Å². The van der Waals surface area contributed by atoms with Crippen LogP contribution in [-0.4, -0.2) is 30.1 Å². The molecule has 1 unspecified atom stereocenters. The molecule has 1 saturated heterocycles. The Kier molecular flexibility index (Phi) is 1.66. The van der Waals surface area contributed by atoms with Crippen molar-refractivity contribution in [2.45, 2.75) is 37.8 Å². The van der Waals surface area contributed by atoms with Crippen LogP contribution in [-0.2, 0) is 0 Å². The second-order valence-electron chi connectivity index (χ2n) is 3.63. The Labute approximate surface area is 62.4 Å². The van der Waals surface area contributed by atoms with E-state index >= 15 is 0 Å². The normalized spacial score (nSPS) is 36.3. The van der Waals surface area contributed by atoms with E-state index in [-0.39, 0.29) is 0 Å². The number of nitrogens with two attached hydrogens (primary N) is 1. The topological polar surface area (TPSA) is 29.3 Å². The first-order valence-corrected chi connectivity index (χ1v) is 4.36. The van der Waals surface area contributed by atoms with Gasteiger partial charge in [-0.15, -0.1) is 0 Å². The van der Waals surface area contributed by atoms with Crippen molar-refractivity contribution in [2.75, 3.05) is 13.1 Å². The average molecular weight is 140 g/mol. The number of hydrogen-bond acceptors (Lipinski definition) is 2. The molecule has 1 heterocycles. The molecule has 0 amide bonds. The van der Waals surface area contributed by atoms with Crippen LogP contribution in [0.15, 0.2) is 0 Å². The Balaban J connectivity index is 1.82. The second-order valence-corrected chi connectivity index (χ2v) is 3.63. The average Bonchev–Trinajstić information content (AvgIpc) is 2.10. The molecule has 1 saturated carbocycles. The molecule has 1 aliphatic carbocycles. The molecular formula is C8H16N2. The molecule has 58 valence electrons. The van der Waals surface area contributed by atoms with Crippen molar-refractivity contribution in [2.24, 2.45) is 5.73 Å². The van der Waals surface area contributed by atoms with Gasteiger partial charge < -0.3 is 5.73 Å². The van der Waals surface area contributed by atoms with Gasteiger partial charge in [0.05, 0.1) is 0 Å². The third kappa shape index (κ3) is 1.06. The summed E-state index contributed by atoms with van der Waals surface area (Å²) in [6.07, 6.45) is 5.51. The summed E-state index contributed by atoms with van der Waals surface area (Å²) in [7, 11) is 0. The van der Waals surface area contributed by atoms with E-state index in [1.54, 1.807) is 0 Å². The highest BCUT2D eigenvalue weighted by atomic mass is 15.2. The first kappa shape index (κ1) is 6.62. The van der Waals surface area contributed by atoms with Gasteiger partial charge in [0.15, 0.2) is 0 Å². The van der Waals surface area contributed by atoms with Gasteiger partial charge in [-0.1, -0.05) is 6.42 Å². The molecule has 0 aromatic rings. The molecule has 2 fully saturated rings. The fourth-order valence-corrected chi connectivity index (χ4v) is 1.90. The smallest absolute Gasteiger partial charge is 0.0180 e. The monoisotopic (exact) mass is 140 g/mol. The number of likely N-dealkylation sites (tertiary alicyclic amines) is 1. The van der Waals surface area contributed by atoms with Crippen molar-refractivity contribution in [3.63, 3.8) is 0 Å². The molecule has 0 radical (unpaired) electrons. The quantitative estimate of drug-likeness (QED) is 0.577. The Bertz CT molecular complexity index is 120. The lowest BCUT2D eigenvalue weighted by atomic mass is 9.92. The maximum atomic E-state index is 5.80. The van der Waals surface area contributed by atoms with Crippen molar-refractivity contribution in [1.82, 2.24) is 4.90 Å². The molecule has 2 nitrogen and oxygen atoms in total. The van der Waals surface area contributed by atoms with Gasteiger partial charge in [-0.3, -0.25) is 4.90 Å². The van der Waals surface area contributed by atoms with Crippen LogP contribution >= 0.6 is 0 Å². The maximum Gasteiger partial charge on any atom is 0.0180 e. The minimum atomic E-state index is 0.473. The van der Waals surface area contributed by atoms with E-state index in [4.69, 9.17) is 5.73 Å². The van der Waals surface area contributed by atoms with Gasteiger partial charge >= 0.3 is 0 Å². The van der Waals surface area contributed by atoms with Crippen LogP contribution in [0.2, 0.25) is 0 Å². The summed E-state index contributed by atoms with van der Waals surface area (Å²) in [6.45, 7) is 2.41. The fraction of sp³-hybridized carbons (Fsp3) is 1.00. The van der Waals surface area contributed by atoms with Crippen LogP contribution in [0.4, 0.5) is 0 Å². The van der Waals surface area contributed by atoms with Crippen molar-refractivity contribution in [3.8, 4) is 0 Å². The first-order valence-electron chi connectivity index (χ1n) is 4.36. The molecule has 0 aromatic carbocycles. The summed E-state index contributed by atoms with van der Waals surface area (Å²) in [6, 6.07) is 1.38. The predicted molar refractivity (Wildman–Crippen MR) is 41.8 cm³/mol.